The third-order valence-corrected chi connectivity index (χ3v) is 2.87. The highest BCUT2D eigenvalue weighted by molar-refractivity contribution is 6.29. The summed E-state index contributed by atoms with van der Waals surface area (Å²) in [7, 11) is 1.47. The molecule has 20 heavy (non-hydrogen) atoms. The van der Waals surface area contributed by atoms with Crippen LogP contribution in [0, 0.1) is 0 Å². The van der Waals surface area contributed by atoms with Gasteiger partial charge in [0, 0.05) is 18.3 Å². The number of carbonyl (C=O) groups excluding carboxylic acids is 1. The van der Waals surface area contributed by atoms with Gasteiger partial charge in [0.2, 0.25) is 11.8 Å². The first-order valence-corrected chi connectivity index (χ1v) is 6.46. The molecule has 6 nitrogen and oxygen atoms in total. The summed E-state index contributed by atoms with van der Waals surface area (Å²) in [6, 6.07) is 5.19. The molecule has 2 aromatic heterocycles. The molecule has 7 heteroatoms. The van der Waals surface area contributed by atoms with Gasteiger partial charge in [-0.05, 0) is 26.0 Å². The summed E-state index contributed by atoms with van der Waals surface area (Å²) < 4.78 is 6.84. The lowest BCUT2D eigenvalue weighted by Crippen LogP contribution is -2.19. The number of halogens is 1. The minimum atomic E-state index is -0.298. The molecule has 0 bridgehead atoms. The number of rotatable bonds is 4. The van der Waals surface area contributed by atoms with Crippen LogP contribution in [0.3, 0.4) is 0 Å². The Labute approximate surface area is 121 Å². The van der Waals surface area contributed by atoms with E-state index in [0.29, 0.717) is 11.6 Å². The van der Waals surface area contributed by atoms with Gasteiger partial charge in [0.05, 0.1) is 7.11 Å². The second-order valence-electron chi connectivity index (χ2n) is 4.41. The van der Waals surface area contributed by atoms with Gasteiger partial charge in [-0.3, -0.25) is 10.1 Å². The quantitative estimate of drug-likeness (QED) is 0.880. The lowest BCUT2D eigenvalue weighted by atomic mass is 10.3. The minimum absolute atomic E-state index is 0.107. The lowest BCUT2D eigenvalue weighted by Gasteiger charge is -2.12. The van der Waals surface area contributed by atoms with Crippen LogP contribution in [0.4, 0.5) is 5.95 Å². The predicted molar refractivity (Wildman–Crippen MR) is 76.4 cm³/mol. The van der Waals surface area contributed by atoms with E-state index in [4.69, 9.17) is 16.3 Å². The number of amides is 1. The van der Waals surface area contributed by atoms with Crippen molar-refractivity contribution >= 4 is 23.5 Å². The number of nitrogens with zero attached hydrogens (tertiary/aromatic N) is 3. The highest BCUT2D eigenvalue weighted by atomic mass is 35.5. The molecule has 0 aromatic carbocycles. The van der Waals surface area contributed by atoms with Crippen molar-refractivity contribution < 1.29 is 9.53 Å². The fourth-order valence-electron chi connectivity index (χ4n) is 1.76. The second kappa shape index (κ2) is 5.92. The van der Waals surface area contributed by atoms with Crippen LogP contribution in [-0.4, -0.2) is 27.6 Å². The summed E-state index contributed by atoms with van der Waals surface area (Å²) in [5, 5.41) is 2.81. The molecule has 1 N–H and O–H groups in total. The fourth-order valence-corrected chi connectivity index (χ4v) is 1.93. The molecule has 2 aromatic rings. The van der Waals surface area contributed by atoms with Gasteiger partial charge in [-0.15, -0.1) is 0 Å². The monoisotopic (exact) mass is 294 g/mol. The summed E-state index contributed by atoms with van der Waals surface area (Å²) in [5.41, 5.74) is 0.530. The third-order valence-electron chi connectivity index (χ3n) is 2.67. The number of ether oxygens (including phenoxy) is 1. The van der Waals surface area contributed by atoms with Crippen molar-refractivity contribution in [2.24, 2.45) is 0 Å². The van der Waals surface area contributed by atoms with Gasteiger partial charge in [-0.2, -0.15) is 4.98 Å². The van der Waals surface area contributed by atoms with Crippen molar-refractivity contribution in [3.63, 3.8) is 0 Å². The Morgan fingerprint density at radius 1 is 1.45 bits per heavy atom. The Kier molecular flexibility index (Phi) is 4.24. The first-order chi connectivity index (χ1) is 9.51. The maximum Gasteiger partial charge on any atom is 0.274 e. The number of hydrogen-bond donors (Lipinski definition) is 1. The van der Waals surface area contributed by atoms with Crippen LogP contribution in [0.25, 0.3) is 0 Å². The van der Waals surface area contributed by atoms with Gasteiger partial charge in [0.15, 0.2) is 0 Å². The number of anilines is 1. The van der Waals surface area contributed by atoms with E-state index < -0.39 is 0 Å². The molecule has 2 rings (SSSR count). The van der Waals surface area contributed by atoms with E-state index >= 15 is 0 Å². The standard InChI is InChI=1S/C13H15ClN4O2/c1-8(2)18-6-4-5-9(18)12(19)17-13-15-10(14)7-11(16-13)20-3/h4-8H,1-3H3,(H,15,16,17,19). The molecule has 0 atom stereocenters. The van der Waals surface area contributed by atoms with Gasteiger partial charge in [0.1, 0.15) is 10.8 Å². The molecule has 1 amide bonds. The minimum Gasteiger partial charge on any atom is -0.481 e. The Balaban J connectivity index is 2.23. The van der Waals surface area contributed by atoms with Crippen LogP contribution in [0.1, 0.15) is 30.4 Å². The van der Waals surface area contributed by atoms with Crippen molar-refractivity contribution in [1.29, 1.82) is 0 Å². The van der Waals surface area contributed by atoms with Crippen LogP contribution < -0.4 is 10.1 Å². The Bertz CT molecular complexity index is 625. The normalized spacial score (nSPS) is 10.7. The summed E-state index contributed by atoms with van der Waals surface area (Å²) in [5.74, 6) is 0.100. The van der Waals surface area contributed by atoms with E-state index in [0.717, 1.165) is 0 Å². The molecule has 0 saturated heterocycles. The molecule has 0 aliphatic rings. The molecule has 2 heterocycles. The topological polar surface area (TPSA) is 69.0 Å². The third kappa shape index (κ3) is 3.08. The van der Waals surface area contributed by atoms with E-state index in [9.17, 15) is 4.79 Å². The average Bonchev–Trinajstić information content (AvgIpc) is 2.87. The Hall–Kier alpha value is -2.08. The summed E-state index contributed by atoms with van der Waals surface area (Å²) in [6.07, 6.45) is 1.85. The second-order valence-corrected chi connectivity index (χ2v) is 4.79. The van der Waals surface area contributed by atoms with Crippen molar-refractivity contribution in [2.45, 2.75) is 19.9 Å². The summed E-state index contributed by atoms with van der Waals surface area (Å²) >= 11 is 5.83. The molecule has 0 radical (unpaired) electrons. The lowest BCUT2D eigenvalue weighted by molar-refractivity contribution is 0.101. The molecular formula is C13H15ClN4O2. The number of methoxy groups -OCH3 is 1. The van der Waals surface area contributed by atoms with E-state index in [2.05, 4.69) is 15.3 Å². The first-order valence-electron chi connectivity index (χ1n) is 6.08. The van der Waals surface area contributed by atoms with Crippen molar-refractivity contribution in [3.05, 3.63) is 35.2 Å². The molecule has 0 aliphatic heterocycles. The zero-order valence-corrected chi connectivity index (χ0v) is 12.2. The Morgan fingerprint density at radius 2 is 2.20 bits per heavy atom. The highest BCUT2D eigenvalue weighted by Crippen LogP contribution is 2.17. The van der Waals surface area contributed by atoms with E-state index in [1.54, 1.807) is 6.07 Å². The van der Waals surface area contributed by atoms with Crippen molar-refractivity contribution in [3.8, 4) is 5.88 Å². The van der Waals surface area contributed by atoms with Crippen LogP contribution >= 0.6 is 11.6 Å². The van der Waals surface area contributed by atoms with E-state index in [1.165, 1.54) is 13.2 Å². The fraction of sp³-hybridized carbons (Fsp3) is 0.308. The van der Waals surface area contributed by atoms with Crippen LogP contribution in [0.2, 0.25) is 5.15 Å². The number of carbonyl (C=O) groups is 1. The summed E-state index contributed by atoms with van der Waals surface area (Å²) in [6.45, 7) is 3.99. The van der Waals surface area contributed by atoms with Crippen LogP contribution in [0.15, 0.2) is 24.4 Å². The first kappa shape index (κ1) is 14.3. The summed E-state index contributed by atoms with van der Waals surface area (Å²) in [4.78, 5) is 20.2. The van der Waals surface area contributed by atoms with E-state index in [-0.39, 0.29) is 23.1 Å². The number of nitrogens with one attached hydrogen (secondary N) is 1. The largest absolute Gasteiger partial charge is 0.481 e. The molecule has 106 valence electrons. The average molecular weight is 295 g/mol. The predicted octanol–water partition coefficient (Wildman–Crippen LogP) is 2.77. The molecule has 0 aliphatic carbocycles. The van der Waals surface area contributed by atoms with Gasteiger partial charge >= 0.3 is 0 Å². The SMILES string of the molecule is COc1cc(Cl)nc(NC(=O)c2cccn2C(C)C)n1. The number of hydrogen-bond acceptors (Lipinski definition) is 4. The zero-order valence-electron chi connectivity index (χ0n) is 11.4. The van der Waals surface area contributed by atoms with Gasteiger partial charge in [-0.25, -0.2) is 4.98 Å². The molecule has 0 unspecified atom stereocenters. The van der Waals surface area contributed by atoms with Gasteiger partial charge < -0.3 is 9.30 Å². The molecular weight excluding hydrogens is 280 g/mol. The van der Waals surface area contributed by atoms with Gasteiger partial charge in [-0.1, -0.05) is 11.6 Å². The Morgan fingerprint density at radius 3 is 2.85 bits per heavy atom. The van der Waals surface area contributed by atoms with Crippen LogP contribution in [-0.2, 0) is 0 Å². The smallest absolute Gasteiger partial charge is 0.274 e. The van der Waals surface area contributed by atoms with Gasteiger partial charge in [0.25, 0.3) is 5.91 Å². The highest BCUT2D eigenvalue weighted by Gasteiger charge is 2.14. The maximum atomic E-state index is 12.2. The maximum absolute atomic E-state index is 12.2. The zero-order chi connectivity index (χ0) is 14.7. The molecule has 0 fully saturated rings. The van der Waals surface area contributed by atoms with E-state index in [1.807, 2.05) is 30.7 Å². The van der Waals surface area contributed by atoms with Crippen molar-refractivity contribution in [2.75, 3.05) is 12.4 Å². The number of aromatic nitrogens is 3. The van der Waals surface area contributed by atoms with Crippen LogP contribution in [0.5, 0.6) is 5.88 Å². The van der Waals surface area contributed by atoms with Crippen molar-refractivity contribution in [1.82, 2.24) is 14.5 Å². The molecule has 0 spiro atoms. The molecule has 0 saturated carbocycles.